The van der Waals surface area contributed by atoms with E-state index in [0.717, 1.165) is 5.56 Å². The third kappa shape index (κ3) is 5.58. The van der Waals surface area contributed by atoms with Gasteiger partial charge >= 0.3 is 17.8 Å². The molecule has 0 saturated heterocycles. The Bertz CT molecular complexity index is 788. The van der Waals surface area contributed by atoms with Gasteiger partial charge in [0.1, 0.15) is 0 Å². The van der Waals surface area contributed by atoms with E-state index in [4.69, 9.17) is 5.11 Å². The molecule has 25 heavy (non-hydrogen) atoms. The van der Waals surface area contributed by atoms with E-state index < -0.39 is 17.8 Å². The first-order chi connectivity index (χ1) is 12.1. The highest BCUT2D eigenvalue weighted by atomic mass is 16.4. The molecule has 3 N–H and O–H groups in total. The molecule has 7 nitrogen and oxygen atoms in total. The van der Waals surface area contributed by atoms with E-state index in [-0.39, 0.29) is 5.56 Å². The number of hydrogen-bond acceptors (Lipinski definition) is 4. The molecule has 0 atom stereocenters. The van der Waals surface area contributed by atoms with Crippen LogP contribution in [0.4, 0.5) is 0 Å². The number of rotatable bonds is 6. The maximum atomic E-state index is 11.7. The van der Waals surface area contributed by atoms with Gasteiger partial charge in [-0.15, -0.1) is 0 Å². The third-order valence-electron chi connectivity index (χ3n) is 3.31. The fraction of sp³-hybridized carbons (Fsp3) is 0.111. The number of nitrogens with one attached hydrogen (secondary N) is 2. The number of carbonyl (C=O) groups excluding carboxylic acids is 2. The summed E-state index contributed by atoms with van der Waals surface area (Å²) in [4.78, 5) is 34.3. The molecular weight excluding hydrogens is 322 g/mol. The van der Waals surface area contributed by atoms with Gasteiger partial charge in [-0.3, -0.25) is 9.59 Å². The van der Waals surface area contributed by atoms with Gasteiger partial charge in [0, 0.05) is 12.1 Å². The number of carboxylic acids is 1. The van der Waals surface area contributed by atoms with Crippen molar-refractivity contribution in [2.45, 2.75) is 6.42 Å². The molecule has 0 aliphatic heterocycles. The Labute approximate surface area is 144 Å². The third-order valence-corrected chi connectivity index (χ3v) is 3.31. The summed E-state index contributed by atoms with van der Waals surface area (Å²) in [7, 11) is 0. The number of carbonyl (C=O) groups is 3. The van der Waals surface area contributed by atoms with Crippen LogP contribution in [0.2, 0.25) is 0 Å². The lowest BCUT2D eigenvalue weighted by Crippen LogP contribution is -2.38. The van der Waals surface area contributed by atoms with Crippen molar-refractivity contribution in [1.82, 2.24) is 10.7 Å². The largest absolute Gasteiger partial charge is 0.478 e. The lowest BCUT2D eigenvalue weighted by Gasteiger charge is -2.04. The van der Waals surface area contributed by atoms with Crippen LogP contribution in [0.3, 0.4) is 0 Å². The summed E-state index contributed by atoms with van der Waals surface area (Å²) in [5, 5.41) is 15.2. The van der Waals surface area contributed by atoms with Gasteiger partial charge in [0.2, 0.25) is 0 Å². The van der Waals surface area contributed by atoms with Gasteiger partial charge in [-0.1, -0.05) is 48.5 Å². The zero-order valence-corrected chi connectivity index (χ0v) is 13.3. The topological polar surface area (TPSA) is 108 Å². The number of nitrogens with zero attached hydrogens (tertiary/aromatic N) is 1. The molecule has 0 aromatic heterocycles. The van der Waals surface area contributed by atoms with E-state index in [2.05, 4.69) is 15.8 Å². The van der Waals surface area contributed by atoms with E-state index >= 15 is 0 Å². The number of aromatic carboxylic acids is 1. The van der Waals surface area contributed by atoms with Crippen molar-refractivity contribution < 1.29 is 19.5 Å². The summed E-state index contributed by atoms with van der Waals surface area (Å²) in [5.41, 5.74) is 3.49. The highest BCUT2D eigenvalue weighted by molar-refractivity contribution is 6.35. The second kappa shape index (κ2) is 8.97. The summed E-state index contributed by atoms with van der Waals surface area (Å²) in [5.74, 6) is -2.83. The zero-order valence-electron chi connectivity index (χ0n) is 13.3. The molecule has 2 aromatic carbocycles. The normalized spacial score (nSPS) is 10.4. The minimum absolute atomic E-state index is 0.0489. The first-order valence-corrected chi connectivity index (χ1v) is 7.55. The van der Waals surface area contributed by atoms with Crippen LogP contribution in [0, 0.1) is 0 Å². The van der Waals surface area contributed by atoms with Crippen LogP contribution < -0.4 is 10.7 Å². The Morgan fingerprint density at radius 1 is 0.960 bits per heavy atom. The predicted molar refractivity (Wildman–Crippen MR) is 92.3 cm³/mol. The Balaban J connectivity index is 1.81. The van der Waals surface area contributed by atoms with Crippen LogP contribution in [0.1, 0.15) is 21.5 Å². The van der Waals surface area contributed by atoms with Crippen molar-refractivity contribution in [3.8, 4) is 0 Å². The first-order valence-electron chi connectivity index (χ1n) is 7.55. The minimum atomic E-state index is -1.10. The summed E-state index contributed by atoms with van der Waals surface area (Å²) in [6.07, 6.45) is 1.79. The highest BCUT2D eigenvalue weighted by Crippen LogP contribution is 2.05. The Kier molecular flexibility index (Phi) is 6.41. The number of benzene rings is 2. The number of hydrazone groups is 1. The molecule has 0 radical (unpaired) electrons. The molecule has 0 spiro atoms. The Morgan fingerprint density at radius 2 is 1.64 bits per heavy atom. The summed E-state index contributed by atoms with van der Waals surface area (Å²) in [6, 6.07) is 15.7. The van der Waals surface area contributed by atoms with Crippen LogP contribution in [-0.2, 0) is 16.0 Å². The summed E-state index contributed by atoms with van der Waals surface area (Å²) >= 11 is 0. The lowest BCUT2D eigenvalue weighted by molar-refractivity contribution is -0.139. The lowest BCUT2D eigenvalue weighted by atomic mass is 10.1. The second-order valence-corrected chi connectivity index (χ2v) is 5.08. The van der Waals surface area contributed by atoms with Crippen LogP contribution >= 0.6 is 0 Å². The average Bonchev–Trinajstić information content (AvgIpc) is 2.62. The Morgan fingerprint density at radius 3 is 2.36 bits per heavy atom. The van der Waals surface area contributed by atoms with Crippen molar-refractivity contribution in [1.29, 1.82) is 0 Å². The van der Waals surface area contributed by atoms with Crippen molar-refractivity contribution >= 4 is 24.0 Å². The van der Waals surface area contributed by atoms with Gasteiger partial charge in [0.05, 0.1) is 11.8 Å². The van der Waals surface area contributed by atoms with Gasteiger partial charge in [-0.2, -0.15) is 5.10 Å². The summed E-state index contributed by atoms with van der Waals surface area (Å²) in [6.45, 7) is 0.321. The highest BCUT2D eigenvalue weighted by Gasteiger charge is 2.12. The molecule has 0 aliphatic rings. The van der Waals surface area contributed by atoms with Crippen molar-refractivity contribution in [2.24, 2.45) is 5.10 Å². The number of hydrogen-bond donors (Lipinski definition) is 3. The van der Waals surface area contributed by atoms with E-state index in [9.17, 15) is 14.4 Å². The molecular formula is C18H17N3O4. The van der Waals surface area contributed by atoms with Crippen LogP contribution in [0.25, 0.3) is 0 Å². The monoisotopic (exact) mass is 339 g/mol. The van der Waals surface area contributed by atoms with Gasteiger partial charge in [0.15, 0.2) is 0 Å². The molecule has 0 unspecified atom stereocenters. The maximum absolute atomic E-state index is 11.7. The Hall–Kier alpha value is -3.48. The van der Waals surface area contributed by atoms with Crippen LogP contribution in [-0.4, -0.2) is 35.6 Å². The first kappa shape index (κ1) is 17.9. The van der Waals surface area contributed by atoms with Crippen LogP contribution in [0.15, 0.2) is 59.7 Å². The van der Waals surface area contributed by atoms with E-state index in [1.807, 2.05) is 30.3 Å². The standard InChI is InChI=1S/C18H17N3O4/c22-16(19-11-10-13-6-2-1-3-7-13)17(23)21-20-12-14-8-4-5-9-15(14)18(24)25/h1-9,12H,10-11H2,(H,19,22)(H,21,23)(H,24,25)/b20-12-. The zero-order chi connectivity index (χ0) is 18.1. The number of carboxylic acid groups (broad SMARTS) is 1. The maximum Gasteiger partial charge on any atom is 0.336 e. The fourth-order valence-corrected chi connectivity index (χ4v) is 2.06. The molecule has 2 rings (SSSR count). The van der Waals surface area contributed by atoms with Gasteiger partial charge in [-0.05, 0) is 18.1 Å². The van der Waals surface area contributed by atoms with Crippen molar-refractivity contribution in [2.75, 3.05) is 6.54 Å². The van der Waals surface area contributed by atoms with Gasteiger partial charge in [0.25, 0.3) is 0 Å². The second-order valence-electron chi connectivity index (χ2n) is 5.08. The average molecular weight is 339 g/mol. The van der Waals surface area contributed by atoms with Gasteiger partial charge < -0.3 is 10.4 Å². The molecule has 0 fully saturated rings. The SMILES string of the molecule is O=C(NCCc1ccccc1)C(=O)N/N=C\c1ccccc1C(=O)O. The predicted octanol–water partition coefficient (Wildman–Crippen LogP) is 1.19. The fourth-order valence-electron chi connectivity index (χ4n) is 2.06. The number of amides is 2. The van der Waals surface area contributed by atoms with Gasteiger partial charge in [-0.25, -0.2) is 10.2 Å². The molecule has 128 valence electrons. The molecule has 0 aliphatic carbocycles. The molecule has 0 bridgehead atoms. The molecule has 2 amide bonds. The van der Waals surface area contributed by atoms with Crippen molar-refractivity contribution in [3.05, 3.63) is 71.3 Å². The smallest absolute Gasteiger partial charge is 0.336 e. The minimum Gasteiger partial charge on any atom is -0.478 e. The van der Waals surface area contributed by atoms with Crippen LogP contribution in [0.5, 0.6) is 0 Å². The molecule has 2 aromatic rings. The quantitative estimate of drug-likeness (QED) is 0.417. The molecule has 7 heteroatoms. The summed E-state index contributed by atoms with van der Waals surface area (Å²) < 4.78 is 0. The van der Waals surface area contributed by atoms with E-state index in [1.54, 1.807) is 18.2 Å². The molecule has 0 saturated carbocycles. The van der Waals surface area contributed by atoms with Crippen molar-refractivity contribution in [3.63, 3.8) is 0 Å². The van der Waals surface area contributed by atoms with E-state index in [1.165, 1.54) is 12.3 Å². The van der Waals surface area contributed by atoms with E-state index in [0.29, 0.717) is 18.5 Å². The molecule has 0 heterocycles.